The fourth-order valence-electron chi connectivity index (χ4n) is 1.26. The molecule has 0 saturated heterocycles. The van der Waals surface area contributed by atoms with Gasteiger partial charge in [0.25, 0.3) is 0 Å². The predicted octanol–water partition coefficient (Wildman–Crippen LogP) is 2.13. The van der Waals surface area contributed by atoms with Crippen molar-refractivity contribution in [2.45, 2.75) is 6.42 Å². The summed E-state index contributed by atoms with van der Waals surface area (Å²) in [5, 5.41) is 0. The quantitative estimate of drug-likeness (QED) is 0.803. The Balaban J connectivity index is 2.28. The molecule has 15 heavy (non-hydrogen) atoms. The van der Waals surface area contributed by atoms with Crippen LogP contribution in [0.4, 0.5) is 5.69 Å². The van der Waals surface area contributed by atoms with Gasteiger partial charge in [-0.1, -0.05) is 0 Å². The zero-order valence-electron chi connectivity index (χ0n) is 8.01. The maximum absolute atomic E-state index is 10.3. The number of nitrogen functional groups attached to an aromatic ring is 1. The van der Waals surface area contributed by atoms with Crippen LogP contribution in [0.2, 0.25) is 0 Å². The number of anilines is 1. The average molecular weight is 218 g/mol. The SMILES string of the molecule is Nc1ccc(-c2ccc(CC=O)s2)nc1. The van der Waals surface area contributed by atoms with Crippen LogP contribution in [0, 0.1) is 0 Å². The smallest absolute Gasteiger partial charge is 0.125 e. The van der Waals surface area contributed by atoms with Crippen LogP contribution in [0.25, 0.3) is 10.6 Å². The van der Waals surface area contributed by atoms with Crippen LogP contribution >= 0.6 is 11.3 Å². The first-order chi connectivity index (χ1) is 7.29. The fraction of sp³-hybridized carbons (Fsp3) is 0.0909. The predicted molar refractivity (Wildman–Crippen MR) is 61.7 cm³/mol. The lowest BCUT2D eigenvalue weighted by Crippen LogP contribution is -1.86. The Morgan fingerprint density at radius 3 is 2.87 bits per heavy atom. The van der Waals surface area contributed by atoms with Crippen molar-refractivity contribution < 1.29 is 4.79 Å². The Morgan fingerprint density at radius 2 is 2.20 bits per heavy atom. The molecule has 2 N–H and O–H groups in total. The van der Waals surface area contributed by atoms with Gasteiger partial charge in [0.15, 0.2) is 0 Å². The number of thiophene rings is 1. The number of aldehydes is 1. The molecule has 0 atom stereocenters. The first kappa shape index (κ1) is 9.86. The Kier molecular flexibility index (Phi) is 2.78. The van der Waals surface area contributed by atoms with Crippen LogP contribution < -0.4 is 5.73 Å². The van der Waals surface area contributed by atoms with E-state index in [-0.39, 0.29) is 0 Å². The number of carbonyl (C=O) groups is 1. The number of pyridine rings is 1. The fourth-order valence-corrected chi connectivity index (χ4v) is 2.19. The molecule has 0 fully saturated rings. The summed E-state index contributed by atoms with van der Waals surface area (Å²) < 4.78 is 0. The van der Waals surface area contributed by atoms with Crippen LogP contribution in [0.1, 0.15) is 4.88 Å². The van der Waals surface area contributed by atoms with Crippen molar-refractivity contribution >= 4 is 23.3 Å². The summed E-state index contributed by atoms with van der Waals surface area (Å²) in [5.74, 6) is 0. The summed E-state index contributed by atoms with van der Waals surface area (Å²) in [6.45, 7) is 0. The van der Waals surface area contributed by atoms with E-state index in [1.54, 1.807) is 17.5 Å². The van der Waals surface area contributed by atoms with E-state index >= 15 is 0 Å². The number of hydrogen-bond acceptors (Lipinski definition) is 4. The van der Waals surface area contributed by atoms with Crippen molar-refractivity contribution in [3.8, 4) is 10.6 Å². The summed E-state index contributed by atoms with van der Waals surface area (Å²) in [5.41, 5.74) is 7.10. The minimum absolute atomic E-state index is 0.472. The van der Waals surface area contributed by atoms with E-state index in [0.717, 1.165) is 21.7 Å². The van der Waals surface area contributed by atoms with Gasteiger partial charge in [-0.25, -0.2) is 0 Å². The minimum Gasteiger partial charge on any atom is -0.397 e. The van der Waals surface area contributed by atoms with E-state index in [1.165, 1.54) is 0 Å². The number of nitrogens with two attached hydrogens (primary N) is 1. The van der Waals surface area contributed by atoms with Gasteiger partial charge in [-0.05, 0) is 24.3 Å². The summed E-state index contributed by atoms with van der Waals surface area (Å²) >= 11 is 1.58. The summed E-state index contributed by atoms with van der Waals surface area (Å²) in [7, 11) is 0. The third-order valence-corrected chi connectivity index (χ3v) is 3.12. The van der Waals surface area contributed by atoms with Crippen molar-refractivity contribution in [3.05, 3.63) is 35.3 Å². The molecule has 4 heteroatoms. The number of hydrogen-bond donors (Lipinski definition) is 1. The monoisotopic (exact) mass is 218 g/mol. The number of aromatic nitrogens is 1. The number of nitrogens with zero attached hydrogens (tertiary/aromatic N) is 1. The molecule has 0 spiro atoms. The highest BCUT2D eigenvalue weighted by atomic mass is 32.1. The van der Waals surface area contributed by atoms with Crippen molar-refractivity contribution in [1.29, 1.82) is 0 Å². The first-order valence-electron chi connectivity index (χ1n) is 4.54. The summed E-state index contributed by atoms with van der Waals surface area (Å²) in [4.78, 5) is 16.7. The third-order valence-electron chi connectivity index (χ3n) is 1.98. The molecule has 0 aromatic carbocycles. The van der Waals surface area contributed by atoms with Crippen molar-refractivity contribution in [3.63, 3.8) is 0 Å². The van der Waals surface area contributed by atoms with Gasteiger partial charge in [0, 0.05) is 11.3 Å². The lowest BCUT2D eigenvalue weighted by molar-refractivity contribution is -0.107. The molecule has 0 radical (unpaired) electrons. The molecule has 0 aliphatic rings. The third kappa shape index (κ3) is 2.22. The minimum atomic E-state index is 0.472. The van der Waals surface area contributed by atoms with Gasteiger partial charge < -0.3 is 10.5 Å². The van der Waals surface area contributed by atoms with Gasteiger partial charge in [-0.2, -0.15) is 0 Å². The molecule has 0 bridgehead atoms. The lowest BCUT2D eigenvalue weighted by atomic mass is 10.3. The molecule has 0 aliphatic carbocycles. The molecule has 0 aliphatic heterocycles. The highest BCUT2D eigenvalue weighted by molar-refractivity contribution is 7.15. The standard InChI is InChI=1S/C11H10N2OS/c12-8-1-3-10(13-7-8)11-4-2-9(15-11)5-6-14/h1-4,6-7H,5,12H2. The van der Waals surface area contributed by atoms with Gasteiger partial charge in [0.2, 0.25) is 0 Å². The van der Waals surface area contributed by atoms with Crippen LogP contribution in [0.5, 0.6) is 0 Å². The van der Waals surface area contributed by atoms with Crippen molar-refractivity contribution in [2.24, 2.45) is 0 Å². The lowest BCUT2D eigenvalue weighted by Gasteiger charge is -1.96. The Bertz CT molecular complexity index is 462. The molecule has 0 unspecified atom stereocenters. The molecular formula is C11H10N2OS. The normalized spacial score (nSPS) is 10.1. The van der Waals surface area contributed by atoms with Crippen molar-refractivity contribution in [2.75, 3.05) is 5.73 Å². The van der Waals surface area contributed by atoms with Gasteiger partial charge in [0.1, 0.15) is 6.29 Å². The molecule has 0 amide bonds. The molecule has 76 valence electrons. The highest BCUT2D eigenvalue weighted by Crippen LogP contribution is 2.26. The Morgan fingerprint density at radius 1 is 1.33 bits per heavy atom. The maximum Gasteiger partial charge on any atom is 0.125 e. The molecule has 2 heterocycles. The zero-order chi connectivity index (χ0) is 10.7. The van der Waals surface area contributed by atoms with Crippen LogP contribution in [0.15, 0.2) is 30.5 Å². The summed E-state index contributed by atoms with van der Waals surface area (Å²) in [6, 6.07) is 7.63. The Labute approximate surface area is 91.6 Å². The zero-order valence-corrected chi connectivity index (χ0v) is 8.83. The van der Waals surface area contributed by atoms with E-state index in [4.69, 9.17) is 5.73 Å². The molecule has 2 aromatic heterocycles. The molecule has 0 saturated carbocycles. The summed E-state index contributed by atoms with van der Waals surface area (Å²) in [6.07, 6.45) is 3.01. The van der Waals surface area contributed by atoms with Crippen LogP contribution in [-0.2, 0) is 11.2 Å². The van der Waals surface area contributed by atoms with Crippen LogP contribution in [-0.4, -0.2) is 11.3 Å². The van der Waals surface area contributed by atoms with Gasteiger partial charge in [0.05, 0.1) is 22.5 Å². The van der Waals surface area contributed by atoms with E-state index in [1.807, 2.05) is 24.3 Å². The molecule has 3 nitrogen and oxygen atoms in total. The van der Waals surface area contributed by atoms with Crippen molar-refractivity contribution in [1.82, 2.24) is 4.98 Å². The second-order valence-electron chi connectivity index (χ2n) is 3.11. The van der Waals surface area contributed by atoms with E-state index < -0.39 is 0 Å². The second-order valence-corrected chi connectivity index (χ2v) is 4.28. The second kappa shape index (κ2) is 4.23. The number of rotatable bonds is 3. The topological polar surface area (TPSA) is 56.0 Å². The molecule has 2 rings (SSSR count). The van der Waals surface area contributed by atoms with E-state index in [0.29, 0.717) is 12.1 Å². The maximum atomic E-state index is 10.3. The molecular weight excluding hydrogens is 208 g/mol. The first-order valence-corrected chi connectivity index (χ1v) is 5.35. The van der Waals surface area contributed by atoms with E-state index in [2.05, 4.69) is 4.98 Å². The van der Waals surface area contributed by atoms with Crippen LogP contribution in [0.3, 0.4) is 0 Å². The Hall–Kier alpha value is -1.68. The highest BCUT2D eigenvalue weighted by Gasteiger charge is 2.03. The van der Waals surface area contributed by atoms with Gasteiger partial charge in [-0.15, -0.1) is 11.3 Å². The van der Waals surface area contributed by atoms with Gasteiger partial charge in [-0.3, -0.25) is 4.98 Å². The average Bonchev–Trinajstić information content (AvgIpc) is 2.68. The largest absolute Gasteiger partial charge is 0.397 e. The molecule has 2 aromatic rings. The number of carbonyl (C=O) groups excluding carboxylic acids is 1. The van der Waals surface area contributed by atoms with E-state index in [9.17, 15) is 4.79 Å². The van der Waals surface area contributed by atoms with Gasteiger partial charge >= 0.3 is 0 Å².